The van der Waals surface area contributed by atoms with Gasteiger partial charge in [0.05, 0.1) is 0 Å². The molecule has 0 spiro atoms. The molecule has 0 radical (unpaired) electrons. The average molecular weight is 204 g/mol. The van der Waals surface area contributed by atoms with Crippen LogP contribution < -0.4 is 0 Å². The Hall–Kier alpha value is 1.34. The second-order valence-electron chi connectivity index (χ2n) is 0. The molecule has 7 heteroatoms. The van der Waals surface area contributed by atoms with Crippen molar-refractivity contribution >= 4 is 55.6 Å². The molecule has 0 aromatic rings. The van der Waals surface area contributed by atoms with E-state index < -0.39 is 0 Å². The van der Waals surface area contributed by atoms with Crippen molar-refractivity contribution in [1.82, 2.24) is 0 Å². The van der Waals surface area contributed by atoms with E-state index in [2.05, 4.69) is 0 Å². The first kappa shape index (κ1) is 82.2. The van der Waals surface area contributed by atoms with Crippen LogP contribution in [0.15, 0.2) is 0 Å². The van der Waals surface area contributed by atoms with Gasteiger partial charge in [-0.2, -0.15) is 0 Å². The largest absolute Gasteiger partial charge is 2.00 e. The van der Waals surface area contributed by atoms with E-state index in [1.54, 1.807) is 0 Å². The van der Waals surface area contributed by atoms with Crippen molar-refractivity contribution in [3.63, 3.8) is 0 Å². The summed E-state index contributed by atoms with van der Waals surface area (Å²) in [6, 6.07) is 0. The molecule has 0 saturated heterocycles. The van der Waals surface area contributed by atoms with Crippen molar-refractivity contribution in [3.05, 3.63) is 0 Å². The van der Waals surface area contributed by atoms with Gasteiger partial charge in [-0.3, -0.25) is 0 Å². The maximum atomic E-state index is 8.28. The van der Waals surface area contributed by atoms with E-state index in [0.29, 0.717) is 10.1 Å². The fourth-order valence-electron chi connectivity index (χ4n) is 0. The van der Waals surface area contributed by atoms with Crippen LogP contribution in [0.3, 0.4) is 0 Å². The summed E-state index contributed by atoms with van der Waals surface area (Å²) in [5, 5.41) is 0. The van der Waals surface area contributed by atoms with Crippen LogP contribution in [0.5, 0.6) is 0 Å². The fraction of sp³-hybridized carbons (Fsp3) is 0. The molecule has 0 aliphatic heterocycles. The summed E-state index contributed by atoms with van der Waals surface area (Å²) in [6.07, 6.45) is 0. The summed E-state index contributed by atoms with van der Waals surface area (Å²) in [5.41, 5.74) is 0. The number of hydrogen-bond acceptors (Lipinski definition) is 3. The minimum Gasteiger partial charge on any atom is -0.870 e. The smallest absolute Gasteiger partial charge is 0.870 e. The van der Waals surface area contributed by atoms with Gasteiger partial charge in [0.1, 0.15) is 0 Å². The molecule has 7 heavy (non-hydrogen) atoms. The van der Waals surface area contributed by atoms with Crippen LogP contribution in [-0.2, 0) is 4.46 Å². The summed E-state index contributed by atoms with van der Waals surface area (Å²) in [6.45, 7) is 0. The zero-order chi connectivity index (χ0) is 2.00. The van der Waals surface area contributed by atoms with Crippen molar-refractivity contribution in [2.24, 2.45) is 0 Å². The van der Waals surface area contributed by atoms with Gasteiger partial charge in [0.25, 0.3) is 0 Å². The van der Waals surface area contributed by atoms with Gasteiger partial charge in [0.2, 0.25) is 10.1 Å². The van der Waals surface area contributed by atoms with Gasteiger partial charge in [-0.05, 0) is 0 Å². The van der Waals surface area contributed by atoms with Crippen LogP contribution in [0.25, 0.3) is 0 Å². The molecule has 0 aromatic carbocycles. The van der Waals surface area contributed by atoms with E-state index in [1.807, 2.05) is 0 Å². The monoisotopic (exact) mass is 204 g/mol. The SMILES string of the molecule is O.O.O=[SiH2].[OH-].[OH-].[Sr+2]. The van der Waals surface area contributed by atoms with Crippen LogP contribution in [0.1, 0.15) is 0 Å². The van der Waals surface area contributed by atoms with Crippen LogP contribution in [-0.4, -0.2) is 77.5 Å². The zero-order valence-corrected chi connectivity index (χ0v) is 8.61. The molecule has 5 nitrogen and oxygen atoms in total. The molecule has 0 aliphatic carbocycles. The fourth-order valence-corrected chi connectivity index (χ4v) is 0. The Morgan fingerprint density at radius 3 is 0.857 bits per heavy atom. The molecule has 0 bridgehead atoms. The molecule has 0 aromatic heterocycles. The Morgan fingerprint density at radius 2 is 0.857 bits per heavy atom. The molecule has 0 aliphatic rings. The van der Waals surface area contributed by atoms with Crippen LogP contribution in [0, 0.1) is 0 Å². The molecule has 0 amide bonds. The predicted octanol–water partition coefficient (Wildman–Crippen LogP) is -3.42. The van der Waals surface area contributed by atoms with Crippen LogP contribution >= 0.6 is 0 Å². The minimum absolute atomic E-state index is 0. The number of rotatable bonds is 0. The first-order chi connectivity index (χ1) is 1.00. The van der Waals surface area contributed by atoms with Gasteiger partial charge < -0.3 is 26.4 Å². The van der Waals surface area contributed by atoms with Crippen molar-refractivity contribution in [3.8, 4) is 0 Å². The van der Waals surface area contributed by atoms with Crippen molar-refractivity contribution < 1.29 is 26.4 Å². The van der Waals surface area contributed by atoms with Crippen molar-refractivity contribution in [2.75, 3.05) is 0 Å². The maximum absolute atomic E-state index is 8.28. The molecule has 0 rings (SSSR count). The second-order valence-corrected chi connectivity index (χ2v) is 0. The summed E-state index contributed by atoms with van der Waals surface area (Å²) in [5.74, 6) is 0. The molecule has 0 atom stereocenters. The van der Waals surface area contributed by atoms with Gasteiger partial charge >= 0.3 is 45.5 Å². The Kier molecular flexibility index (Phi) is 1930. The molecule has 44 valence electrons. The average Bonchev–Trinajstić information content (AvgIpc) is 1.00. The van der Waals surface area contributed by atoms with Gasteiger partial charge in [0.15, 0.2) is 0 Å². The first-order valence-electron chi connectivity index (χ1n) is 0.289. The Bertz CT molecular complexity index is 8.04. The van der Waals surface area contributed by atoms with Crippen molar-refractivity contribution in [1.29, 1.82) is 0 Å². The molecule has 0 fully saturated rings. The third-order valence-electron chi connectivity index (χ3n) is 0. The third kappa shape index (κ3) is 117. The predicted molar refractivity (Wildman–Crippen MR) is 26.1 cm³/mol. The Morgan fingerprint density at radius 1 is 0.857 bits per heavy atom. The summed E-state index contributed by atoms with van der Waals surface area (Å²) >= 11 is 0. The van der Waals surface area contributed by atoms with Crippen LogP contribution in [0.2, 0.25) is 0 Å². The number of hydrogen-bond donors (Lipinski definition) is 0. The summed E-state index contributed by atoms with van der Waals surface area (Å²) in [7, 11) is 0.611. The van der Waals surface area contributed by atoms with E-state index >= 15 is 0 Å². The van der Waals surface area contributed by atoms with E-state index in [0.717, 1.165) is 0 Å². The quantitative estimate of drug-likeness (QED) is 0.379. The second kappa shape index (κ2) is 165. The Balaban J connectivity index is -0.000000000500. The standard InChI is InChI=1S/H2OSi.4H2O.Sr/c1-2;;;;;/h2H2;4*1H2;/q;;;;;+2/p-2. The maximum Gasteiger partial charge on any atom is 2.00 e. The zero-order valence-electron chi connectivity index (χ0n) is 3.72. The van der Waals surface area contributed by atoms with Crippen molar-refractivity contribution in [2.45, 2.75) is 0 Å². The minimum atomic E-state index is 0. The van der Waals surface area contributed by atoms with E-state index in [9.17, 15) is 0 Å². The summed E-state index contributed by atoms with van der Waals surface area (Å²) in [4.78, 5) is 0. The van der Waals surface area contributed by atoms with Gasteiger partial charge in [-0.15, -0.1) is 0 Å². The van der Waals surface area contributed by atoms with E-state index in [4.69, 9.17) is 4.46 Å². The normalized spacial score (nSPS) is 0.571. The van der Waals surface area contributed by atoms with Gasteiger partial charge in [-0.1, -0.05) is 0 Å². The molecule has 0 saturated carbocycles. The molecular weight excluding hydrogens is 196 g/mol. The topological polar surface area (TPSA) is 140 Å². The summed E-state index contributed by atoms with van der Waals surface area (Å²) < 4.78 is 8.28. The van der Waals surface area contributed by atoms with Gasteiger partial charge in [-0.25, -0.2) is 0 Å². The van der Waals surface area contributed by atoms with E-state index in [-0.39, 0.29) is 67.4 Å². The molecule has 0 unspecified atom stereocenters. The molecule has 6 N–H and O–H groups in total. The van der Waals surface area contributed by atoms with Gasteiger partial charge in [0, 0.05) is 0 Å². The van der Waals surface area contributed by atoms with E-state index in [1.165, 1.54) is 0 Å². The molecule has 0 heterocycles. The third-order valence-corrected chi connectivity index (χ3v) is 0. The Labute approximate surface area is 81.1 Å². The van der Waals surface area contributed by atoms with Crippen LogP contribution in [0.4, 0.5) is 0 Å². The molecular formula is H8O5SiSr. The first-order valence-corrected chi connectivity index (χ1v) is 0.866.